The highest BCUT2D eigenvalue weighted by Crippen LogP contribution is 2.36. The average Bonchev–Trinajstić information content (AvgIpc) is 2.56. The molecule has 2 N–H and O–H groups in total. The zero-order valence-electron chi connectivity index (χ0n) is 12.0. The second-order valence-corrected chi connectivity index (χ2v) is 4.06. The van der Waals surface area contributed by atoms with Crippen molar-refractivity contribution < 1.29 is 19.4 Å². The van der Waals surface area contributed by atoms with Crippen LogP contribution in [0, 0.1) is 0 Å². The first-order chi connectivity index (χ1) is 10.7. The van der Waals surface area contributed by atoms with Crippen LogP contribution in [0.4, 0.5) is 0 Å². The Morgan fingerprint density at radius 3 is 2.50 bits per heavy atom. The van der Waals surface area contributed by atoms with Crippen LogP contribution in [-0.2, 0) is 0 Å². The Hall–Kier alpha value is -3.16. The van der Waals surface area contributed by atoms with Crippen LogP contribution in [-0.4, -0.2) is 41.4 Å². The molecule has 0 bridgehead atoms. The number of phenolic OH excluding ortho intramolecular Hbond substituents is 1. The quantitative estimate of drug-likeness (QED) is 0.629. The van der Waals surface area contributed by atoms with Gasteiger partial charge in [-0.05, 0) is 12.1 Å². The number of nitrogens with one attached hydrogen (secondary N) is 1. The fourth-order valence-corrected chi connectivity index (χ4v) is 1.63. The number of aromatic hydroxyl groups is 1. The summed E-state index contributed by atoms with van der Waals surface area (Å²) in [5, 5.41) is 13.6. The van der Waals surface area contributed by atoms with Crippen LogP contribution in [0.1, 0.15) is 16.1 Å². The molecule has 0 radical (unpaired) electrons. The van der Waals surface area contributed by atoms with E-state index in [-0.39, 0.29) is 22.9 Å². The minimum absolute atomic E-state index is 0.106. The molecule has 0 atom stereocenters. The molecule has 0 saturated heterocycles. The zero-order valence-corrected chi connectivity index (χ0v) is 12.0. The van der Waals surface area contributed by atoms with Gasteiger partial charge >= 0.3 is 0 Å². The van der Waals surface area contributed by atoms with E-state index < -0.39 is 5.91 Å². The molecule has 8 nitrogen and oxygen atoms in total. The molecule has 8 heteroatoms. The van der Waals surface area contributed by atoms with Gasteiger partial charge in [0.15, 0.2) is 11.5 Å². The fraction of sp³-hybridized carbons (Fsp3) is 0.143. The third-order valence-electron chi connectivity index (χ3n) is 2.68. The maximum atomic E-state index is 11.7. The Kier molecular flexibility index (Phi) is 4.86. The second kappa shape index (κ2) is 7.02. The van der Waals surface area contributed by atoms with Gasteiger partial charge in [0, 0.05) is 18.0 Å². The average molecular weight is 302 g/mol. The predicted molar refractivity (Wildman–Crippen MR) is 78.3 cm³/mol. The van der Waals surface area contributed by atoms with E-state index in [0.29, 0.717) is 5.56 Å². The number of ether oxygens (including phenoxy) is 2. The summed E-state index contributed by atoms with van der Waals surface area (Å²) in [6.07, 6.45) is 5.60. The van der Waals surface area contributed by atoms with Crippen molar-refractivity contribution in [3.05, 3.63) is 42.0 Å². The first kappa shape index (κ1) is 15.2. The molecule has 0 fully saturated rings. The number of methoxy groups -OCH3 is 2. The van der Waals surface area contributed by atoms with E-state index >= 15 is 0 Å². The molecule has 2 aromatic rings. The van der Waals surface area contributed by atoms with Gasteiger partial charge in [-0.2, -0.15) is 5.10 Å². The molecular formula is C14H14N4O4. The molecule has 0 aliphatic heterocycles. The van der Waals surface area contributed by atoms with Crippen molar-refractivity contribution in [2.45, 2.75) is 0 Å². The van der Waals surface area contributed by atoms with Gasteiger partial charge in [0.05, 0.1) is 26.6 Å². The van der Waals surface area contributed by atoms with Crippen LogP contribution < -0.4 is 14.9 Å². The maximum Gasteiger partial charge on any atom is 0.291 e. The van der Waals surface area contributed by atoms with Crippen molar-refractivity contribution >= 4 is 12.1 Å². The predicted octanol–water partition coefficient (Wildman–Crippen LogP) is 0.963. The molecule has 0 aliphatic carbocycles. The lowest BCUT2D eigenvalue weighted by atomic mass is 10.2. The van der Waals surface area contributed by atoms with E-state index in [2.05, 4.69) is 20.5 Å². The van der Waals surface area contributed by atoms with Crippen LogP contribution in [0.25, 0.3) is 0 Å². The number of amides is 1. The lowest BCUT2D eigenvalue weighted by Gasteiger charge is -2.09. The van der Waals surface area contributed by atoms with Gasteiger partial charge in [0.25, 0.3) is 5.91 Å². The summed E-state index contributed by atoms with van der Waals surface area (Å²) < 4.78 is 10.1. The van der Waals surface area contributed by atoms with E-state index in [1.807, 2.05) is 0 Å². The van der Waals surface area contributed by atoms with Crippen LogP contribution in [0.5, 0.6) is 17.2 Å². The van der Waals surface area contributed by atoms with Gasteiger partial charge in [-0.3, -0.25) is 9.78 Å². The molecule has 0 saturated carbocycles. The van der Waals surface area contributed by atoms with Crippen molar-refractivity contribution in [3.8, 4) is 17.2 Å². The summed E-state index contributed by atoms with van der Waals surface area (Å²) in [6.45, 7) is 0. The van der Waals surface area contributed by atoms with Crippen molar-refractivity contribution in [3.63, 3.8) is 0 Å². The molecule has 0 spiro atoms. The van der Waals surface area contributed by atoms with Crippen molar-refractivity contribution in [2.75, 3.05) is 14.2 Å². The summed E-state index contributed by atoms with van der Waals surface area (Å²) in [7, 11) is 2.84. The Balaban J connectivity index is 2.12. The van der Waals surface area contributed by atoms with E-state index in [9.17, 15) is 9.90 Å². The molecule has 1 amide bonds. The number of hydrogen-bond acceptors (Lipinski definition) is 7. The number of nitrogens with zero attached hydrogens (tertiary/aromatic N) is 3. The summed E-state index contributed by atoms with van der Waals surface area (Å²) in [4.78, 5) is 19.4. The number of hydrogen-bond donors (Lipinski definition) is 2. The first-order valence-electron chi connectivity index (χ1n) is 6.20. The smallest absolute Gasteiger partial charge is 0.291 e. The number of carbonyl (C=O) groups excluding carboxylic acids is 1. The SMILES string of the molecule is COc1cc(C=NNC(=O)c2cnccn2)cc(OC)c1O. The van der Waals surface area contributed by atoms with Crippen molar-refractivity contribution in [1.29, 1.82) is 0 Å². The Morgan fingerprint density at radius 1 is 1.27 bits per heavy atom. The van der Waals surface area contributed by atoms with Gasteiger partial charge < -0.3 is 14.6 Å². The third-order valence-corrected chi connectivity index (χ3v) is 2.68. The minimum atomic E-state index is -0.484. The first-order valence-corrected chi connectivity index (χ1v) is 6.20. The Labute approximate surface area is 126 Å². The Morgan fingerprint density at radius 2 is 1.95 bits per heavy atom. The molecular weight excluding hydrogens is 288 g/mol. The molecule has 1 aromatic carbocycles. The van der Waals surface area contributed by atoms with Gasteiger partial charge in [0.2, 0.25) is 5.75 Å². The van der Waals surface area contributed by atoms with Crippen molar-refractivity contribution in [1.82, 2.24) is 15.4 Å². The third kappa shape index (κ3) is 3.48. The van der Waals surface area contributed by atoms with Crippen LogP contribution in [0.2, 0.25) is 0 Å². The molecule has 0 aliphatic rings. The lowest BCUT2D eigenvalue weighted by molar-refractivity contribution is 0.0949. The zero-order chi connectivity index (χ0) is 15.9. The number of rotatable bonds is 5. The van der Waals surface area contributed by atoms with E-state index in [0.717, 1.165) is 0 Å². The number of benzene rings is 1. The highest BCUT2D eigenvalue weighted by Gasteiger charge is 2.10. The Bertz CT molecular complexity index is 663. The largest absolute Gasteiger partial charge is 0.502 e. The monoisotopic (exact) mass is 302 g/mol. The summed E-state index contributed by atoms with van der Waals surface area (Å²) in [6, 6.07) is 3.10. The standard InChI is InChI=1S/C14H14N4O4/c1-21-11-5-9(6-12(22-2)13(11)19)7-17-18-14(20)10-8-15-3-4-16-10/h3-8,19H,1-2H3,(H,18,20). The molecule has 1 aromatic heterocycles. The summed E-state index contributed by atoms with van der Waals surface area (Å²) >= 11 is 0. The van der Waals surface area contributed by atoms with Gasteiger partial charge in [0.1, 0.15) is 5.69 Å². The summed E-state index contributed by atoms with van der Waals surface area (Å²) in [5.74, 6) is -0.116. The van der Waals surface area contributed by atoms with Crippen LogP contribution in [0.3, 0.4) is 0 Å². The molecule has 114 valence electrons. The number of hydrazone groups is 1. The molecule has 22 heavy (non-hydrogen) atoms. The topological polar surface area (TPSA) is 106 Å². The highest BCUT2D eigenvalue weighted by molar-refractivity contribution is 5.92. The highest BCUT2D eigenvalue weighted by atomic mass is 16.5. The maximum absolute atomic E-state index is 11.7. The van der Waals surface area contributed by atoms with Gasteiger partial charge in [-0.15, -0.1) is 0 Å². The number of carbonyl (C=O) groups is 1. The van der Waals surface area contributed by atoms with Gasteiger partial charge in [-0.1, -0.05) is 0 Å². The normalized spacial score (nSPS) is 10.5. The number of aromatic nitrogens is 2. The molecule has 2 rings (SSSR count). The van der Waals surface area contributed by atoms with E-state index in [4.69, 9.17) is 9.47 Å². The minimum Gasteiger partial charge on any atom is -0.502 e. The molecule has 0 unspecified atom stereocenters. The summed E-state index contributed by atoms with van der Waals surface area (Å²) in [5.41, 5.74) is 3.05. The van der Waals surface area contributed by atoms with E-state index in [1.54, 1.807) is 12.1 Å². The lowest BCUT2D eigenvalue weighted by Crippen LogP contribution is -2.19. The van der Waals surface area contributed by atoms with Gasteiger partial charge in [-0.25, -0.2) is 10.4 Å². The molecule has 1 heterocycles. The van der Waals surface area contributed by atoms with E-state index in [1.165, 1.54) is 39.0 Å². The second-order valence-electron chi connectivity index (χ2n) is 4.06. The number of phenols is 1. The van der Waals surface area contributed by atoms with Crippen molar-refractivity contribution in [2.24, 2.45) is 5.10 Å². The fourth-order valence-electron chi connectivity index (χ4n) is 1.63. The van der Waals surface area contributed by atoms with Crippen LogP contribution >= 0.6 is 0 Å². The van der Waals surface area contributed by atoms with Crippen LogP contribution in [0.15, 0.2) is 35.8 Å².